The lowest BCUT2D eigenvalue weighted by atomic mass is 10.0. The third-order valence-electron chi connectivity index (χ3n) is 2.44. The minimum Gasteiger partial charge on any atom is -0.495 e. The maximum atomic E-state index is 11.9. The van der Waals surface area contributed by atoms with Crippen LogP contribution in [-0.2, 0) is 9.84 Å². The van der Waals surface area contributed by atoms with Crippen molar-refractivity contribution in [2.24, 2.45) is 0 Å². The zero-order chi connectivity index (χ0) is 13.1. The topological polar surface area (TPSA) is 67.2 Å². The number of methoxy groups -OCH3 is 1. The van der Waals surface area contributed by atoms with Gasteiger partial charge in [-0.1, -0.05) is 19.9 Å². The van der Waals surface area contributed by atoms with Crippen LogP contribution in [0.3, 0.4) is 0 Å². The fraction of sp³-hybridized carbons (Fsp3) is 0.417. The molecular weight excluding hydrogens is 238 g/mol. The van der Waals surface area contributed by atoms with E-state index in [0.717, 1.165) is 5.56 Å². The second-order valence-corrected chi connectivity index (χ2v) is 5.94. The Morgan fingerprint density at radius 3 is 2.53 bits per heavy atom. The second-order valence-electron chi connectivity index (χ2n) is 3.98. The Morgan fingerprint density at radius 2 is 2.06 bits per heavy atom. The van der Waals surface area contributed by atoms with E-state index in [2.05, 4.69) is 0 Å². The van der Waals surface area contributed by atoms with Crippen molar-refractivity contribution in [3.05, 3.63) is 23.8 Å². The highest BCUT2D eigenvalue weighted by Gasteiger charge is 2.20. The van der Waals surface area contributed by atoms with E-state index in [1.807, 2.05) is 19.9 Å². The molecule has 0 heterocycles. The van der Waals surface area contributed by atoms with Gasteiger partial charge < -0.3 is 4.74 Å². The molecule has 0 aromatic heterocycles. The van der Waals surface area contributed by atoms with E-state index in [9.17, 15) is 8.42 Å². The molecule has 1 aromatic rings. The van der Waals surface area contributed by atoms with Gasteiger partial charge in [0.05, 0.1) is 13.2 Å². The average molecular weight is 253 g/mol. The van der Waals surface area contributed by atoms with Crippen molar-refractivity contribution in [1.29, 1.82) is 5.26 Å². The molecule has 0 aliphatic carbocycles. The van der Waals surface area contributed by atoms with Crippen molar-refractivity contribution in [2.45, 2.75) is 24.7 Å². The lowest BCUT2D eigenvalue weighted by molar-refractivity contribution is 0.402. The Balaban J connectivity index is 3.39. The molecule has 92 valence electrons. The van der Waals surface area contributed by atoms with Gasteiger partial charge >= 0.3 is 0 Å². The van der Waals surface area contributed by atoms with Crippen LogP contribution in [0.4, 0.5) is 0 Å². The summed E-state index contributed by atoms with van der Waals surface area (Å²) in [6, 6.07) is 6.70. The Kier molecular flexibility index (Phi) is 4.13. The minimum atomic E-state index is -3.60. The summed E-state index contributed by atoms with van der Waals surface area (Å²) in [5.74, 6) is -0.0353. The number of nitrogens with zero attached hydrogens (tertiary/aromatic N) is 1. The highest BCUT2D eigenvalue weighted by Crippen LogP contribution is 2.28. The van der Waals surface area contributed by atoms with Crippen LogP contribution in [0.2, 0.25) is 0 Å². The maximum absolute atomic E-state index is 11.9. The van der Waals surface area contributed by atoms with Crippen LogP contribution in [0.5, 0.6) is 5.75 Å². The number of nitriles is 1. The van der Waals surface area contributed by atoms with Gasteiger partial charge in [0.25, 0.3) is 0 Å². The predicted octanol–water partition coefficient (Wildman–Crippen LogP) is 2.12. The molecule has 0 N–H and O–H groups in total. The van der Waals surface area contributed by atoms with Gasteiger partial charge in [0, 0.05) is 0 Å². The second kappa shape index (κ2) is 5.19. The minimum absolute atomic E-state index is 0.0905. The zero-order valence-electron chi connectivity index (χ0n) is 10.1. The van der Waals surface area contributed by atoms with Gasteiger partial charge in [-0.15, -0.1) is 0 Å². The van der Waals surface area contributed by atoms with Crippen molar-refractivity contribution in [2.75, 3.05) is 12.9 Å². The van der Waals surface area contributed by atoms with Crippen molar-refractivity contribution in [3.8, 4) is 11.8 Å². The quantitative estimate of drug-likeness (QED) is 0.824. The number of rotatable bonds is 4. The summed E-state index contributed by atoms with van der Waals surface area (Å²) >= 11 is 0. The van der Waals surface area contributed by atoms with E-state index < -0.39 is 15.6 Å². The van der Waals surface area contributed by atoms with Crippen molar-refractivity contribution < 1.29 is 13.2 Å². The lowest BCUT2D eigenvalue weighted by Gasteiger charge is -2.11. The van der Waals surface area contributed by atoms with E-state index in [1.165, 1.54) is 7.11 Å². The summed E-state index contributed by atoms with van der Waals surface area (Å²) < 4.78 is 28.8. The number of ether oxygens (including phenoxy) is 1. The first-order chi connectivity index (χ1) is 7.92. The molecule has 0 aliphatic rings. The van der Waals surface area contributed by atoms with Gasteiger partial charge in [-0.25, -0.2) is 8.42 Å². The van der Waals surface area contributed by atoms with Crippen LogP contribution < -0.4 is 4.74 Å². The number of hydrogen-bond acceptors (Lipinski definition) is 4. The van der Waals surface area contributed by atoms with Crippen molar-refractivity contribution >= 4 is 9.84 Å². The summed E-state index contributed by atoms with van der Waals surface area (Å²) in [5, 5.41) is 8.54. The molecule has 0 unspecified atom stereocenters. The molecule has 0 bridgehead atoms. The molecule has 0 aliphatic heterocycles. The first-order valence-electron chi connectivity index (χ1n) is 5.20. The SMILES string of the molecule is COc1ccc(C(C)C)cc1S(=O)(=O)CC#N. The van der Waals surface area contributed by atoms with Crippen LogP contribution in [0.15, 0.2) is 23.1 Å². The largest absolute Gasteiger partial charge is 0.495 e. The Labute approximate surface area is 102 Å². The molecule has 0 spiro atoms. The summed E-state index contributed by atoms with van der Waals surface area (Å²) in [6.45, 7) is 3.95. The van der Waals surface area contributed by atoms with Crippen LogP contribution in [0, 0.1) is 11.3 Å². The Bertz CT molecular complexity index is 541. The van der Waals surface area contributed by atoms with Gasteiger partial charge in [-0.3, -0.25) is 0 Å². The molecule has 0 radical (unpaired) electrons. The van der Waals surface area contributed by atoms with Gasteiger partial charge in [-0.2, -0.15) is 5.26 Å². The standard InChI is InChI=1S/C12H15NO3S/c1-9(2)10-4-5-11(16-3)12(8-10)17(14,15)7-6-13/h4-5,8-9H,7H2,1-3H3. The van der Waals surface area contributed by atoms with Gasteiger partial charge in [0.2, 0.25) is 0 Å². The Hall–Kier alpha value is -1.54. The highest BCUT2D eigenvalue weighted by atomic mass is 32.2. The zero-order valence-corrected chi connectivity index (χ0v) is 10.9. The first kappa shape index (κ1) is 13.5. The monoisotopic (exact) mass is 253 g/mol. The molecule has 5 heteroatoms. The van der Waals surface area contributed by atoms with E-state index in [1.54, 1.807) is 18.2 Å². The smallest absolute Gasteiger partial charge is 0.195 e. The summed E-state index contributed by atoms with van der Waals surface area (Å²) in [6.07, 6.45) is 0. The summed E-state index contributed by atoms with van der Waals surface area (Å²) in [5.41, 5.74) is 0.905. The molecule has 0 atom stereocenters. The molecule has 0 saturated heterocycles. The third kappa shape index (κ3) is 2.98. The molecule has 4 nitrogen and oxygen atoms in total. The molecule has 1 rings (SSSR count). The van der Waals surface area contributed by atoms with Crippen molar-refractivity contribution in [1.82, 2.24) is 0 Å². The first-order valence-corrected chi connectivity index (χ1v) is 6.85. The van der Waals surface area contributed by atoms with Gasteiger partial charge in [0.1, 0.15) is 16.4 Å². The van der Waals surface area contributed by atoms with Gasteiger partial charge in [0.15, 0.2) is 9.84 Å². The summed E-state index contributed by atoms with van der Waals surface area (Å²) in [4.78, 5) is 0.0905. The van der Waals surface area contributed by atoms with E-state index in [-0.39, 0.29) is 16.6 Å². The predicted molar refractivity (Wildman–Crippen MR) is 64.7 cm³/mol. The molecule has 0 saturated carbocycles. The molecule has 1 aromatic carbocycles. The third-order valence-corrected chi connectivity index (χ3v) is 3.94. The molecule has 17 heavy (non-hydrogen) atoms. The fourth-order valence-corrected chi connectivity index (χ4v) is 2.56. The Morgan fingerprint density at radius 1 is 1.41 bits per heavy atom. The highest BCUT2D eigenvalue weighted by molar-refractivity contribution is 7.91. The number of hydrogen-bond donors (Lipinski definition) is 0. The van der Waals surface area contributed by atoms with Gasteiger partial charge in [-0.05, 0) is 23.6 Å². The van der Waals surface area contributed by atoms with E-state index in [0.29, 0.717) is 0 Å². The summed E-state index contributed by atoms with van der Waals surface area (Å²) in [7, 11) is -2.18. The maximum Gasteiger partial charge on any atom is 0.195 e. The van der Waals surface area contributed by atoms with Crippen LogP contribution >= 0.6 is 0 Å². The van der Waals surface area contributed by atoms with Crippen LogP contribution in [-0.4, -0.2) is 21.3 Å². The fourth-order valence-electron chi connectivity index (χ4n) is 1.46. The van der Waals surface area contributed by atoms with Crippen LogP contribution in [0.1, 0.15) is 25.3 Å². The number of benzene rings is 1. The molecular formula is C12H15NO3S. The van der Waals surface area contributed by atoms with E-state index >= 15 is 0 Å². The van der Waals surface area contributed by atoms with E-state index in [4.69, 9.17) is 10.00 Å². The lowest BCUT2D eigenvalue weighted by Crippen LogP contribution is -2.08. The molecule has 0 fully saturated rings. The van der Waals surface area contributed by atoms with Crippen LogP contribution in [0.25, 0.3) is 0 Å². The normalized spacial score (nSPS) is 11.2. The number of sulfone groups is 1. The van der Waals surface area contributed by atoms with Crippen molar-refractivity contribution in [3.63, 3.8) is 0 Å². The molecule has 0 amide bonds. The average Bonchev–Trinajstić information content (AvgIpc) is 2.28.